The number of hydrogen-bond acceptors (Lipinski definition) is 3. The molecule has 1 aromatic carbocycles. The van der Waals surface area contributed by atoms with E-state index in [0.29, 0.717) is 6.04 Å². The third kappa shape index (κ3) is 3.90. The van der Waals surface area contributed by atoms with Crippen molar-refractivity contribution in [3.05, 3.63) is 29.8 Å². The number of nitrogen functional groups attached to an aromatic ring is 1. The number of nitrogens with zero attached hydrogens (tertiary/aromatic N) is 1. The number of nitrogens with two attached hydrogens (primary N) is 1. The van der Waals surface area contributed by atoms with Gasteiger partial charge in [-0.15, -0.1) is 0 Å². The molecule has 0 aliphatic rings. The highest BCUT2D eigenvalue weighted by molar-refractivity contribution is 5.40. The fraction of sp³-hybridized carbons (Fsp3) is 0.500. The number of ether oxygens (including phenoxy) is 1. The molecule has 0 radical (unpaired) electrons. The van der Waals surface area contributed by atoms with E-state index < -0.39 is 0 Å². The Morgan fingerprint density at radius 3 is 2.80 bits per heavy atom. The summed E-state index contributed by atoms with van der Waals surface area (Å²) in [6, 6.07) is 8.40. The zero-order valence-electron chi connectivity index (χ0n) is 9.73. The molecular formula is C12H20N2O. The monoisotopic (exact) mass is 208 g/mol. The van der Waals surface area contributed by atoms with Crippen LogP contribution in [0.15, 0.2) is 24.3 Å². The van der Waals surface area contributed by atoms with Gasteiger partial charge < -0.3 is 10.5 Å². The smallest absolute Gasteiger partial charge is 0.0615 e. The molecule has 0 saturated heterocycles. The van der Waals surface area contributed by atoms with Crippen LogP contribution in [0, 0.1) is 0 Å². The Hall–Kier alpha value is -1.06. The maximum absolute atomic E-state index is 5.73. The summed E-state index contributed by atoms with van der Waals surface area (Å²) in [5.41, 5.74) is 7.78. The second-order valence-corrected chi connectivity index (χ2v) is 3.96. The minimum absolute atomic E-state index is 0.413. The van der Waals surface area contributed by atoms with E-state index in [2.05, 4.69) is 24.9 Å². The largest absolute Gasteiger partial charge is 0.399 e. The third-order valence-corrected chi connectivity index (χ3v) is 2.54. The number of hydrogen-bond donors (Lipinski definition) is 1. The lowest BCUT2D eigenvalue weighted by Crippen LogP contribution is -2.32. The number of methoxy groups -OCH3 is 1. The van der Waals surface area contributed by atoms with Crippen molar-refractivity contribution in [1.29, 1.82) is 0 Å². The van der Waals surface area contributed by atoms with E-state index in [9.17, 15) is 0 Å². The molecule has 1 unspecified atom stereocenters. The van der Waals surface area contributed by atoms with Crippen LogP contribution >= 0.6 is 0 Å². The van der Waals surface area contributed by atoms with Crippen molar-refractivity contribution in [2.45, 2.75) is 19.5 Å². The lowest BCUT2D eigenvalue weighted by atomic mass is 10.2. The summed E-state index contributed by atoms with van der Waals surface area (Å²) in [5.74, 6) is 0. The van der Waals surface area contributed by atoms with E-state index in [1.165, 1.54) is 5.56 Å². The first kappa shape index (κ1) is 12.0. The highest BCUT2D eigenvalue weighted by atomic mass is 16.5. The standard InChI is InChI=1S/C12H20N2O/c1-10(9-15-3)14(2)8-11-5-4-6-12(13)7-11/h4-7,10H,8-9,13H2,1-3H3. The van der Waals surface area contributed by atoms with Crippen molar-refractivity contribution in [2.24, 2.45) is 0 Å². The zero-order valence-corrected chi connectivity index (χ0v) is 9.73. The first-order chi connectivity index (χ1) is 7.13. The van der Waals surface area contributed by atoms with Crippen LogP contribution in [0.1, 0.15) is 12.5 Å². The molecule has 0 bridgehead atoms. The van der Waals surface area contributed by atoms with E-state index in [4.69, 9.17) is 10.5 Å². The zero-order chi connectivity index (χ0) is 11.3. The molecule has 3 heteroatoms. The molecule has 0 aromatic heterocycles. The molecule has 1 aromatic rings. The average Bonchev–Trinajstić information content (AvgIpc) is 2.18. The fourth-order valence-corrected chi connectivity index (χ4v) is 1.50. The summed E-state index contributed by atoms with van der Waals surface area (Å²) in [6.45, 7) is 3.80. The normalized spacial score (nSPS) is 13.1. The van der Waals surface area contributed by atoms with Gasteiger partial charge in [0.1, 0.15) is 0 Å². The Bertz CT molecular complexity index is 301. The van der Waals surface area contributed by atoms with E-state index in [1.807, 2.05) is 18.2 Å². The van der Waals surface area contributed by atoms with Crippen LogP contribution in [0.4, 0.5) is 5.69 Å². The Kier molecular flexibility index (Phi) is 4.59. The van der Waals surface area contributed by atoms with E-state index in [0.717, 1.165) is 18.8 Å². The van der Waals surface area contributed by atoms with Crippen molar-refractivity contribution < 1.29 is 4.74 Å². The highest BCUT2D eigenvalue weighted by Crippen LogP contribution is 2.10. The number of likely N-dealkylation sites (N-methyl/N-ethyl adjacent to an activating group) is 1. The second-order valence-electron chi connectivity index (χ2n) is 3.96. The number of benzene rings is 1. The van der Waals surface area contributed by atoms with Gasteiger partial charge in [-0.25, -0.2) is 0 Å². The van der Waals surface area contributed by atoms with Gasteiger partial charge in [0.15, 0.2) is 0 Å². The van der Waals surface area contributed by atoms with Crippen molar-refractivity contribution >= 4 is 5.69 Å². The molecule has 0 heterocycles. The number of anilines is 1. The summed E-state index contributed by atoms with van der Waals surface area (Å²) in [5, 5.41) is 0. The fourth-order valence-electron chi connectivity index (χ4n) is 1.50. The van der Waals surface area contributed by atoms with Crippen molar-refractivity contribution in [3.63, 3.8) is 0 Å². The lowest BCUT2D eigenvalue weighted by Gasteiger charge is -2.24. The third-order valence-electron chi connectivity index (χ3n) is 2.54. The van der Waals surface area contributed by atoms with Crippen LogP contribution in [-0.4, -0.2) is 31.7 Å². The maximum Gasteiger partial charge on any atom is 0.0615 e. The van der Waals surface area contributed by atoms with Gasteiger partial charge in [-0.1, -0.05) is 12.1 Å². The molecule has 0 aliphatic carbocycles. The van der Waals surface area contributed by atoms with Gasteiger partial charge in [-0.3, -0.25) is 4.90 Å². The van der Waals surface area contributed by atoms with Gasteiger partial charge in [0.25, 0.3) is 0 Å². The number of rotatable bonds is 5. The van der Waals surface area contributed by atoms with Crippen molar-refractivity contribution in [2.75, 3.05) is 26.5 Å². The van der Waals surface area contributed by atoms with Gasteiger partial charge in [-0.05, 0) is 31.7 Å². The summed E-state index contributed by atoms with van der Waals surface area (Å²) in [4.78, 5) is 2.25. The Morgan fingerprint density at radius 1 is 1.47 bits per heavy atom. The quantitative estimate of drug-likeness (QED) is 0.749. The molecule has 1 rings (SSSR count). The van der Waals surface area contributed by atoms with Crippen LogP contribution in [0.25, 0.3) is 0 Å². The summed E-state index contributed by atoms with van der Waals surface area (Å²) in [7, 11) is 3.82. The van der Waals surface area contributed by atoms with Crippen LogP contribution in [-0.2, 0) is 11.3 Å². The van der Waals surface area contributed by atoms with Crippen molar-refractivity contribution in [3.8, 4) is 0 Å². The topological polar surface area (TPSA) is 38.5 Å². The molecule has 1 atom stereocenters. The predicted molar refractivity (Wildman–Crippen MR) is 63.7 cm³/mol. The molecule has 0 saturated carbocycles. The maximum atomic E-state index is 5.73. The Morgan fingerprint density at radius 2 is 2.20 bits per heavy atom. The molecule has 0 amide bonds. The second kappa shape index (κ2) is 5.73. The molecule has 84 valence electrons. The Labute approximate surface area is 91.8 Å². The van der Waals surface area contributed by atoms with Gasteiger partial charge in [-0.2, -0.15) is 0 Å². The molecule has 15 heavy (non-hydrogen) atoms. The molecule has 0 fully saturated rings. The minimum Gasteiger partial charge on any atom is -0.399 e. The van der Waals surface area contributed by atoms with E-state index in [1.54, 1.807) is 7.11 Å². The summed E-state index contributed by atoms with van der Waals surface area (Å²) in [6.07, 6.45) is 0. The van der Waals surface area contributed by atoms with Gasteiger partial charge >= 0.3 is 0 Å². The van der Waals surface area contributed by atoms with Crippen LogP contribution < -0.4 is 5.73 Å². The molecule has 0 aliphatic heterocycles. The SMILES string of the molecule is COCC(C)N(C)Cc1cccc(N)c1. The molecule has 0 spiro atoms. The first-order valence-electron chi connectivity index (χ1n) is 5.17. The first-order valence-corrected chi connectivity index (χ1v) is 5.17. The van der Waals surface area contributed by atoms with Crippen molar-refractivity contribution in [1.82, 2.24) is 4.90 Å². The Balaban J connectivity index is 2.54. The average molecular weight is 208 g/mol. The van der Waals surface area contributed by atoms with Crippen LogP contribution in [0.5, 0.6) is 0 Å². The van der Waals surface area contributed by atoms with E-state index >= 15 is 0 Å². The summed E-state index contributed by atoms with van der Waals surface area (Å²) < 4.78 is 5.12. The summed E-state index contributed by atoms with van der Waals surface area (Å²) >= 11 is 0. The van der Waals surface area contributed by atoms with E-state index in [-0.39, 0.29) is 0 Å². The lowest BCUT2D eigenvalue weighted by molar-refractivity contribution is 0.112. The minimum atomic E-state index is 0.413. The molecule has 3 nitrogen and oxygen atoms in total. The highest BCUT2D eigenvalue weighted by Gasteiger charge is 2.08. The van der Waals surface area contributed by atoms with Gasteiger partial charge in [0.05, 0.1) is 6.61 Å². The van der Waals surface area contributed by atoms with Crippen LogP contribution in [0.3, 0.4) is 0 Å². The predicted octanol–water partition coefficient (Wildman–Crippen LogP) is 1.74. The molecular weight excluding hydrogens is 188 g/mol. The molecule has 2 N–H and O–H groups in total. The van der Waals surface area contributed by atoms with Crippen LogP contribution in [0.2, 0.25) is 0 Å². The van der Waals surface area contributed by atoms with Gasteiger partial charge in [0.2, 0.25) is 0 Å². The van der Waals surface area contributed by atoms with Gasteiger partial charge in [0, 0.05) is 25.4 Å².